The molecule has 2 heterocycles. The van der Waals surface area contributed by atoms with Gasteiger partial charge in [-0.1, -0.05) is 6.08 Å². The molecule has 4 atom stereocenters. The molecular weight excluding hydrogens is 262 g/mol. The van der Waals surface area contributed by atoms with E-state index in [0.29, 0.717) is 13.1 Å². The molecule has 0 aromatic rings. The van der Waals surface area contributed by atoms with Gasteiger partial charge >= 0.3 is 5.97 Å². The molecule has 0 bridgehead atoms. The van der Waals surface area contributed by atoms with E-state index in [1.807, 2.05) is 18.7 Å². The summed E-state index contributed by atoms with van der Waals surface area (Å²) in [5.74, 6) is -1.05. The highest BCUT2D eigenvalue weighted by molar-refractivity contribution is 5.70. The van der Waals surface area contributed by atoms with Crippen LogP contribution in [0.3, 0.4) is 0 Å². The summed E-state index contributed by atoms with van der Waals surface area (Å²) in [5.41, 5.74) is 0. The van der Waals surface area contributed by atoms with Crippen LogP contribution in [0.4, 0.5) is 0 Å². The van der Waals surface area contributed by atoms with Gasteiger partial charge in [-0.2, -0.15) is 0 Å². The fraction of sp³-hybridized carbons (Fsp3) is 0.786. The van der Waals surface area contributed by atoms with Crippen molar-refractivity contribution in [1.29, 1.82) is 0 Å². The predicted octanol–water partition coefficient (Wildman–Crippen LogP) is 0.301. The van der Waals surface area contributed by atoms with E-state index < -0.39 is 18.0 Å². The van der Waals surface area contributed by atoms with E-state index in [9.17, 15) is 9.90 Å². The average molecular weight is 285 g/mol. The van der Waals surface area contributed by atoms with Crippen molar-refractivity contribution in [3.05, 3.63) is 12.7 Å². The molecule has 0 aromatic heterocycles. The van der Waals surface area contributed by atoms with Gasteiger partial charge in [0.05, 0.1) is 19.6 Å². The van der Waals surface area contributed by atoms with Crippen molar-refractivity contribution in [3.63, 3.8) is 0 Å². The SMILES string of the molecule is C=CCN1C[C@@H](O)[C@H]2OC(C)(C)O[C@H]2[C@@H]1CC(=O)OC. The van der Waals surface area contributed by atoms with Crippen LogP contribution in [0.2, 0.25) is 0 Å². The van der Waals surface area contributed by atoms with Gasteiger partial charge in [-0.05, 0) is 13.8 Å². The summed E-state index contributed by atoms with van der Waals surface area (Å²) in [5, 5.41) is 10.2. The Morgan fingerprint density at radius 1 is 1.50 bits per heavy atom. The first-order chi connectivity index (χ1) is 9.38. The minimum absolute atomic E-state index is 0.185. The number of aliphatic hydroxyl groups is 1. The van der Waals surface area contributed by atoms with E-state index in [4.69, 9.17) is 14.2 Å². The van der Waals surface area contributed by atoms with Gasteiger partial charge in [0.25, 0.3) is 0 Å². The van der Waals surface area contributed by atoms with Crippen molar-refractivity contribution in [2.24, 2.45) is 0 Å². The molecule has 0 saturated carbocycles. The number of esters is 1. The third-order valence-corrected chi connectivity index (χ3v) is 3.78. The molecule has 0 radical (unpaired) electrons. The van der Waals surface area contributed by atoms with Crippen LogP contribution in [0.5, 0.6) is 0 Å². The van der Waals surface area contributed by atoms with Crippen LogP contribution in [0.1, 0.15) is 20.3 Å². The Morgan fingerprint density at radius 2 is 2.15 bits per heavy atom. The number of aliphatic hydroxyl groups excluding tert-OH is 1. The molecule has 0 aliphatic carbocycles. The molecule has 2 fully saturated rings. The standard InChI is InChI=1S/C14H23NO5/c1-5-6-15-8-10(16)13-12(19-14(2,3)20-13)9(15)7-11(17)18-4/h5,9-10,12-13,16H,1,6-8H2,2-4H3/t9-,10+,12-,13+/m0/s1. The van der Waals surface area contributed by atoms with Gasteiger partial charge in [0.15, 0.2) is 5.79 Å². The van der Waals surface area contributed by atoms with Crippen LogP contribution in [0, 0.1) is 0 Å². The Kier molecular flexibility index (Phi) is 4.49. The second-order valence-electron chi connectivity index (χ2n) is 5.72. The van der Waals surface area contributed by atoms with E-state index in [2.05, 4.69) is 6.58 Å². The maximum Gasteiger partial charge on any atom is 0.307 e. The maximum atomic E-state index is 11.6. The zero-order valence-corrected chi connectivity index (χ0v) is 12.2. The zero-order chi connectivity index (χ0) is 14.9. The van der Waals surface area contributed by atoms with Gasteiger partial charge in [-0.3, -0.25) is 9.69 Å². The van der Waals surface area contributed by atoms with Gasteiger partial charge in [0.2, 0.25) is 0 Å². The summed E-state index contributed by atoms with van der Waals surface area (Å²) in [4.78, 5) is 13.6. The lowest BCUT2D eigenvalue weighted by atomic mass is 9.92. The van der Waals surface area contributed by atoms with Crippen LogP contribution in [0.25, 0.3) is 0 Å². The Morgan fingerprint density at radius 3 is 2.75 bits per heavy atom. The monoisotopic (exact) mass is 285 g/mol. The number of hydrogen-bond donors (Lipinski definition) is 1. The quantitative estimate of drug-likeness (QED) is 0.592. The van der Waals surface area contributed by atoms with E-state index in [-0.39, 0.29) is 24.5 Å². The average Bonchev–Trinajstić information content (AvgIpc) is 2.70. The number of likely N-dealkylation sites (tertiary alicyclic amines) is 1. The third-order valence-electron chi connectivity index (χ3n) is 3.78. The van der Waals surface area contributed by atoms with Gasteiger partial charge < -0.3 is 19.3 Å². The molecule has 0 unspecified atom stereocenters. The number of methoxy groups -OCH3 is 1. The molecule has 20 heavy (non-hydrogen) atoms. The topological polar surface area (TPSA) is 68.2 Å². The minimum Gasteiger partial charge on any atom is -0.469 e. The summed E-state index contributed by atoms with van der Waals surface area (Å²) in [6.07, 6.45) is 0.541. The summed E-state index contributed by atoms with van der Waals surface area (Å²) in [6, 6.07) is -0.185. The highest BCUT2D eigenvalue weighted by Gasteiger charge is 2.53. The Bertz CT molecular complexity index is 384. The van der Waals surface area contributed by atoms with E-state index in [1.54, 1.807) is 6.08 Å². The second kappa shape index (κ2) is 5.81. The highest BCUT2D eigenvalue weighted by atomic mass is 16.8. The number of hydrogen-bond acceptors (Lipinski definition) is 6. The molecule has 6 heteroatoms. The number of piperidine rings is 1. The molecule has 0 spiro atoms. The number of fused-ring (bicyclic) bond motifs is 1. The maximum absolute atomic E-state index is 11.6. The van der Waals surface area contributed by atoms with E-state index in [0.717, 1.165) is 0 Å². The number of carbonyl (C=O) groups excluding carboxylic acids is 1. The molecule has 114 valence electrons. The van der Waals surface area contributed by atoms with Crippen LogP contribution >= 0.6 is 0 Å². The van der Waals surface area contributed by atoms with E-state index in [1.165, 1.54) is 7.11 Å². The first-order valence-electron chi connectivity index (χ1n) is 6.83. The van der Waals surface area contributed by atoms with Crippen LogP contribution in [-0.2, 0) is 19.0 Å². The van der Waals surface area contributed by atoms with E-state index >= 15 is 0 Å². The van der Waals surface area contributed by atoms with Gasteiger partial charge in [0.1, 0.15) is 12.2 Å². The first-order valence-corrected chi connectivity index (χ1v) is 6.83. The highest BCUT2D eigenvalue weighted by Crippen LogP contribution is 2.37. The molecule has 2 rings (SSSR count). The molecule has 0 aromatic carbocycles. The van der Waals surface area contributed by atoms with Crippen molar-refractivity contribution >= 4 is 5.97 Å². The smallest absolute Gasteiger partial charge is 0.307 e. The summed E-state index contributed by atoms with van der Waals surface area (Å²) >= 11 is 0. The van der Waals surface area contributed by atoms with Gasteiger partial charge in [0, 0.05) is 19.1 Å². The number of ether oxygens (including phenoxy) is 3. The van der Waals surface area contributed by atoms with Crippen LogP contribution < -0.4 is 0 Å². The lowest BCUT2D eigenvalue weighted by Crippen LogP contribution is -2.60. The number of rotatable bonds is 4. The molecule has 0 amide bonds. The summed E-state index contributed by atoms with van der Waals surface area (Å²) < 4.78 is 16.4. The van der Waals surface area contributed by atoms with Crippen molar-refractivity contribution in [3.8, 4) is 0 Å². The largest absolute Gasteiger partial charge is 0.469 e. The fourth-order valence-electron chi connectivity index (χ4n) is 2.97. The number of nitrogens with zero attached hydrogens (tertiary/aromatic N) is 1. The Labute approximate surface area is 119 Å². The zero-order valence-electron chi connectivity index (χ0n) is 12.2. The normalized spacial score (nSPS) is 36.4. The summed E-state index contributed by atoms with van der Waals surface area (Å²) in [6.45, 7) is 8.34. The second-order valence-corrected chi connectivity index (χ2v) is 5.72. The minimum atomic E-state index is -0.755. The molecule has 2 aliphatic rings. The molecular formula is C14H23NO5. The van der Waals surface area contributed by atoms with Crippen molar-refractivity contribution in [2.75, 3.05) is 20.2 Å². The lowest BCUT2D eigenvalue weighted by Gasteiger charge is -2.42. The summed E-state index contributed by atoms with van der Waals surface area (Å²) in [7, 11) is 1.37. The Balaban J connectivity index is 2.21. The Hall–Kier alpha value is -0.950. The van der Waals surface area contributed by atoms with Crippen LogP contribution in [-0.4, -0.2) is 66.3 Å². The van der Waals surface area contributed by atoms with Gasteiger partial charge in [-0.25, -0.2) is 0 Å². The molecule has 6 nitrogen and oxygen atoms in total. The third kappa shape index (κ3) is 3.03. The number of β-amino-alcohol motifs (C(OH)–C–C–N with tert-alkyl or cyclic N) is 1. The van der Waals surface area contributed by atoms with Gasteiger partial charge in [-0.15, -0.1) is 6.58 Å². The first kappa shape index (κ1) is 15.4. The van der Waals surface area contributed by atoms with Crippen molar-refractivity contribution in [2.45, 2.75) is 50.4 Å². The molecule has 2 saturated heterocycles. The van der Waals surface area contributed by atoms with Crippen LogP contribution in [0.15, 0.2) is 12.7 Å². The molecule has 2 aliphatic heterocycles. The van der Waals surface area contributed by atoms with Crippen molar-refractivity contribution in [1.82, 2.24) is 4.90 Å². The van der Waals surface area contributed by atoms with Crippen molar-refractivity contribution < 1.29 is 24.1 Å². The predicted molar refractivity (Wildman–Crippen MR) is 72.0 cm³/mol. The molecule has 1 N–H and O–H groups in total. The fourth-order valence-corrected chi connectivity index (χ4v) is 2.97. The lowest BCUT2D eigenvalue weighted by molar-refractivity contribution is -0.155. The number of carbonyl (C=O) groups is 1.